The zero-order valence-electron chi connectivity index (χ0n) is 7.69. The molecule has 3 nitrogen and oxygen atoms in total. The predicted molar refractivity (Wildman–Crippen MR) is 47.6 cm³/mol. The van der Waals surface area contributed by atoms with Gasteiger partial charge in [0.15, 0.2) is 0 Å². The number of allylic oxidation sites excluding steroid dienone is 1. The first-order valence-electron chi connectivity index (χ1n) is 4.43. The van der Waals surface area contributed by atoms with Gasteiger partial charge in [0.2, 0.25) is 0 Å². The number of hydrogen-bond acceptors (Lipinski definition) is 3. The molecule has 0 amide bonds. The maximum absolute atomic E-state index is 10.7. The van der Waals surface area contributed by atoms with Gasteiger partial charge < -0.3 is 4.74 Å². The lowest BCUT2D eigenvalue weighted by molar-refractivity contribution is -0.149. The van der Waals surface area contributed by atoms with Crippen molar-refractivity contribution in [1.29, 1.82) is 5.26 Å². The topological polar surface area (TPSA) is 50.1 Å². The Morgan fingerprint density at radius 2 is 2.31 bits per heavy atom. The van der Waals surface area contributed by atoms with Gasteiger partial charge in [-0.25, -0.2) is 0 Å². The maximum atomic E-state index is 10.7. The summed E-state index contributed by atoms with van der Waals surface area (Å²) < 4.78 is 5.12. The molecule has 0 spiro atoms. The lowest BCUT2D eigenvalue weighted by atomic mass is 9.89. The molecule has 13 heavy (non-hydrogen) atoms. The van der Waals surface area contributed by atoms with Crippen LogP contribution in [0.4, 0.5) is 0 Å². The van der Waals surface area contributed by atoms with Crippen molar-refractivity contribution >= 4 is 5.97 Å². The van der Waals surface area contributed by atoms with E-state index in [2.05, 4.69) is 6.07 Å². The number of esters is 1. The average molecular weight is 179 g/mol. The van der Waals surface area contributed by atoms with Gasteiger partial charge in [0.25, 0.3) is 0 Å². The Balaban J connectivity index is 2.54. The summed E-state index contributed by atoms with van der Waals surface area (Å²) in [7, 11) is 0. The number of nitriles is 1. The third kappa shape index (κ3) is 2.90. The van der Waals surface area contributed by atoms with Crippen LogP contribution in [0.15, 0.2) is 12.2 Å². The van der Waals surface area contributed by atoms with Gasteiger partial charge >= 0.3 is 5.97 Å². The van der Waals surface area contributed by atoms with Crippen LogP contribution in [0.1, 0.15) is 26.2 Å². The van der Waals surface area contributed by atoms with Crippen LogP contribution in [-0.4, -0.2) is 12.1 Å². The minimum atomic E-state index is -0.261. The fraction of sp³-hybridized carbons (Fsp3) is 0.600. The van der Waals surface area contributed by atoms with Crippen molar-refractivity contribution in [2.24, 2.45) is 5.92 Å². The fourth-order valence-electron chi connectivity index (χ4n) is 1.54. The molecule has 3 heteroatoms. The summed E-state index contributed by atoms with van der Waals surface area (Å²) in [5.41, 5.74) is 0. The summed E-state index contributed by atoms with van der Waals surface area (Å²) in [6.45, 7) is 1.40. The van der Waals surface area contributed by atoms with E-state index in [9.17, 15) is 4.79 Å². The van der Waals surface area contributed by atoms with Crippen molar-refractivity contribution in [3.8, 4) is 6.07 Å². The summed E-state index contributed by atoms with van der Waals surface area (Å²) in [6, 6.07) is 2.12. The molecule has 0 fully saturated rings. The SMILES string of the molecule is CC(=O)O[C@H]1CC=CC[C@@H]1CC#N. The van der Waals surface area contributed by atoms with Gasteiger partial charge in [0.1, 0.15) is 6.10 Å². The van der Waals surface area contributed by atoms with Crippen LogP contribution in [0.3, 0.4) is 0 Å². The Labute approximate surface area is 78.0 Å². The molecule has 1 aliphatic rings. The van der Waals surface area contributed by atoms with Crippen molar-refractivity contribution in [1.82, 2.24) is 0 Å². The van der Waals surface area contributed by atoms with Crippen LogP contribution in [0.5, 0.6) is 0 Å². The molecule has 0 aromatic heterocycles. The minimum absolute atomic E-state index is 0.0952. The Morgan fingerprint density at radius 1 is 1.62 bits per heavy atom. The molecule has 1 rings (SSSR count). The normalized spacial score (nSPS) is 26.5. The third-order valence-electron chi connectivity index (χ3n) is 2.17. The minimum Gasteiger partial charge on any atom is -0.462 e. The molecule has 0 N–H and O–H groups in total. The predicted octanol–water partition coefficient (Wildman–Crippen LogP) is 1.80. The van der Waals surface area contributed by atoms with Gasteiger partial charge in [-0.2, -0.15) is 5.26 Å². The zero-order valence-corrected chi connectivity index (χ0v) is 7.69. The molecule has 0 radical (unpaired) electrons. The second-order valence-corrected chi connectivity index (χ2v) is 3.21. The smallest absolute Gasteiger partial charge is 0.302 e. The standard InChI is InChI=1S/C10H13NO2/c1-8(12)13-10-5-3-2-4-9(10)6-7-11/h2-3,9-10H,4-6H2,1H3/t9-,10+/m1/s1. The molecule has 0 bridgehead atoms. The number of carbonyl (C=O) groups is 1. The molecular weight excluding hydrogens is 166 g/mol. The van der Waals surface area contributed by atoms with Crippen LogP contribution in [0, 0.1) is 17.2 Å². The van der Waals surface area contributed by atoms with E-state index >= 15 is 0 Å². The molecule has 0 heterocycles. The Morgan fingerprint density at radius 3 is 2.92 bits per heavy atom. The summed E-state index contributed by atoms with van der Waals surface area (Å²) in [6.07, 6.45) is 5.99. The van der Waals surface area contributed by atoms with Crippen molar-refractivity contribution in [3.63, 3.8) is 0 Å². The number of carbonyl (C=O) groups excluding carboxylic acids is 1. The number of rotatable bonds is 2. The van der Waals surface area contributed by atoms with Crippen molar-refractivity contribution < 1.29 is 9.53 Å². The summed E-state index contributed by atoms with van der Waals surface area (Å²) in [5, 5.41) is 8.56. The quantitative estimate of drug-likeness (QED) is 0.479. The first-order valence-corrected chi connectivity index (χ1v) is 4.43. The summed E-state index contributed by atoms with van der Waals surface area (Å²) >= 11 is 0. The van der Waals surface area contributed by atoms with E-state index in [4.69, 9.17) is 10.00 Å². The van der Waals surface area contributed by atoms with E-state index in [1.54, 1.807) is 0 Å². The van der Waals surface area contributed by atoms with Gasteiger partial charge in [0.05, 0.1) is 6.07 Å². The molecule has 0 unspecified atom stereocenters. The van der Waals surface area contributed by atoms with Crippen LogP contribution < -0.4 is 0 Å². The lowest BCUT2D eigenvalue weighted by Gasteiger charge is -2.25. The zero-order chi connectivity index (χ0) is 9.68. The lowest BCUT2D eigenvalue weighted by Crippen LogP contribution is -2.27. The van der Waals surface area contributed by atoms with E-state index in [0.29, 0.717) is 6.42 Å². The molecular formula is C10H13NO2. The van der Waals surface area contributed by atoms with Gasteiger partial charge in [-0.15, -0.1) is 0 Å². The largest absolute Gasteiger partial charge is 0.462 e. The molecule has 1 aliphatic carbocycles. The highest BCUT2D eigenvalue weighted by Crippen LogP contribution is 2.24. The van der Waals surface area contributed by atoms with Crippen molar-refractivity contribution in [2.45, 2.75) is 32.3 Å². The summed E-state index contributed by atoms with van der Waals surface area (Å²) in [5.74, 6) is -0.0814. The van der Waals surface area contributed by atoms with Crippen LogP contribution >= 0.6 is 0 Å². The monoisotopic (exact) mass is 179 g/mol. The van der Waals surface area contributed by atoms with Crippen molar-refractivity contribution in [3.05, 3.63) is 12.2 Å². The highest BCUT2D eigenvalue weighted by atomic mass is 16.5. The fourth-order valence-corrected chi connectivity index (χ4v) is 1.54. The maximum Gasteiger partial charge on any atom is 0.302 e. The first-order chi connectivity index (χ1) is 6.24. The summed E-state index contributed by atoms with van der Waals surface area (Å²) in [4.78, 5) is 10.7. The number of ether oxygens (including phenoxy) is 1. The number of hydrogen-bond donors (Lipinski definition) is 0. The Bertz CT molecular complexity index is 252. The Hall–Kier alpha value is -1.30. The second-order valence-electron chi connectivity index (χ2n) is 3.21. The molecule has 70 valence electrons. The first kappa shape index (κ1) is 9.79. The van der Waals surface area contributed by atoms with Gasteiger partial charge in [0, 0.05) is 25.7 Å². The van der Waals surface area contributed by atoms with Crippen LogP contribution in [-0.2, 0) is 9.53 Å². The van der Waals surface area contributed by atoms with Crippen molar-refractivity contribution in [2.75, 3.05) is 0 Å². The average Bonchev–Trinajstić information content (AvgIpc) is 2.08. The van der Waals surface area contributed by atoms with E-state index in [1.807, 2.05) is 12.2 Å². The highest BCUT2D eigenvalue weighted by molar-refractivity contribution is 5.66. The second kappa shape index (κ2) is 4.66. The van der Waals surface area contributed by atoms with Crippen LogP contribution in [0.25, 0.3) is 0 Å². The van der Waals surface area contributed by atoms with E-state index < -0.39 is 0 Å². The molecule has 0 aliphatic heterocycles. The highest BCUT2D eigenvalue weighted by Gasteiger charge is 2.24. The molecule has 2 atom stereocenters. The van der Waals surface area contributed by atoms with E-state index in [0.717, 1.165) is 12.8 Å². The molecule has 0 aromatic rings. The molecule has 0 saturated carbocycles. The van der Waals surface area contributed by atoms with Crippen LogP contribution in [0.2, 0.25) is 0 Å². The Kier molecular flexibility index (Phi) is 3.51. The number of nitrogens with zero attached hydrogens (tertiary/aromatic N) is 1. The van der Waals surface area contributed by atoms with Gasteiger partial charge in [-0.3, -0.25) is 4.79 Å². The third-order valence-corrected chi connectivity index (χ3v) is 2.17. The molecule has 0 saturated heterocycles. The van der Waals surface area contributed by atoms with Gasteiger partial charge in [-0.1, -0.05) is 12.2 Å². The van der Waals surface area contributed by atoms with Gasteiger partial charge in [-0.05, 0) is 6.42 Å². The van der Waals surface area contributed by atoms with E-state index in [-0.39, 0.29) is 18.0 Å². The van der Waals surface area contributed by atoms with E-state index in [1.165, 1.54) is 6.92 Å². The molecule has 0 aromatic carbocycles.